The number of esters is 1. The lowest BCUT2D eigenvalue weighted by atomic mass is 10.1. The average molecular weight is 375 g/mol. The Labute approximate surface area is 155 Å². The number of hydrogen-bond acceptors (Lipinski definition) is 5. The van der Waals surface area contributed by atoms with E-state index in [4.69, 9.17) is 18.0 Å². The minimum atomic E-state index is -2.39. The van der Waals surface area contributed by atoms with Crippen LogP contribution in [0.5, 0.6) is 0 Å². The van der Waals surface area contributed by atoms with Gasteiger partial charge in [-0.15, -0.1) is 0 Å². The summed E-state index contributed by atoms with van der Waals surface area (Å²) in [5, 5.41) is 0. The standard InChI is InChI=1S/C19H38O5Si/c1-5-19(20)23-17-15-13-11-9-7-8-10-12-14-16-18-25(21-3,22-4)24-6-2/h5H,1,6-18H2,2-4H3. The zero-order valence-electron chi connectivity index (χ0n) is 16.5. The Morgan fingerprint density at radius 1 is 0.880 bits per heavy atom. The van der Waals surface area contributed by atoms with Gasteiger partial charge in [0, 0.05) is 32.9 Å². The van der Waals surface area contributed by atoms with Crippen molar-refractivity contribution < 1.29 is 22.8 Å². The van der Waals surface area contributed by atoms with E-state index in [0.29, 0.717) is 13.2 Å². The highest BCUT2D eigenvalue weighted by molar-refractivity contribution is 6.60. The summed E-state index contributed by atoms with van der Waals surface area (Å²) in [5.74, 6) is -0.322. The van der Waals surface area contributed by atoms with E-state index in [1.807, 2.05) is 6.92 Å². The van der Waals surface area contributed by atoms with Gasteiger partial charge in [0.05, 0.1) is 6.61 Å². The molecule has 6 heteroatoms. The van der Waals surface area contributed by atoms with Gasteiger partial charge in [-0.3, -0.25) is 0 Å². The minimum Gasteiger partial charge on any atom is -0.463 e. The second-order valence-electron chi connectivity index (χ2n) is 6.18. The summed E-state index contributed by atoms with van der Waals surface area (Å²) >= 11 is 0. The molecular formula is C19H38O5Si. The second-order valence-corrected chi connectivity index (χ2v) is 9.15. The number of unbranched alkanes of at least 4 members (excludes halogenated alkanes) is 9. The maximum atomic E-state index is 10.9. The molecule has 0 heterocycles. The van der Waals surface area contributed by atoms with Gasteiger partial charge in [-0.05, 0) is 19.8 Å². The van der Waals surface area contributed by atoms with Gasteiger partial charge in [-0.1, -0.05) is 57.9 Å². The van der Waals surface area contributed by atoms with Crippen molar-refractivity contribution in [2.45, 2.75) is 77.2 Å². The molecular weight excluding hydrogens is 336 g/mol. The highest BCUT2D eigenvalue weighted by Gasteiger charge is 2.37. The molecule has 0 fully saturated rings. The molecule has 0 N–H and O–H groups in total. The Morgan fingerprint density at radius 3 is 1.80 bits per heavy atom. The molecule has 0 amide bonds. The van der Waals surface area contributed by atoms with Gasteiger partial charge in [0.2, 0.25) is 0 Å². The first-order chi connectivity index (χ1) is 12.1. The van der Waals surface area contributed by atoms with Crippen molar-refractivity contribution in [3.63, 3.8) is 0 Å². The normalized spacial score (nSPS) is 11.5. The zero-order valence-corrected chi connectivity index (χ0v) is 17.5. The number of rotatable bonds is 18. The molecule has 0 aromatic carbocycles. The summed E-state index contributed by atoms with van der Waals surface area (Å²) in [4.78, 5) is 10.9. The summed E-state index contributed by atoms with van der Waals surface area (Å²) in [5.41, 5.74) is 0. The molecule has 0 bridgehead atoms. The highest BCUT2D eigenvalue weighted by atomic mass is 28.4. The van der Waals surface area contributed by atoms with Crippen molar-refractivity contribution in [2.24, 2.45) is 0 Å². The van der Waals surface area contributed by atoms with Crippen LogP contribution in [-0.2, 0) is 22.8 Å². The molecule has 0 aliphatic heterocycles. The van der Waals surface area contributed by atoms with Crippen molar-refractivity contribution in [3.05, 3.63) is 12.7 Å². The Hall–Kier alpha value is -0.693. The van der Waals surface area contributed by atoms with Crippen molar-refractivity contribution >= 4 is 14.8 Å². The lowest BCUT2D eigenvalue weighted by molar-refractivity contribution is -0.137. The molecule has 0 spiro atoms. The number of carbonyl (C=O) groups excluding carboxylic acids is 1. The van der Waals surface area contributed by atoms with Crippen molar-refractivity contribution in [3.8, 4) is 0 Å². The lowest BCUT2D eigenvalue weighted by Crippen LogP contribution is -2.43. The van der Waals surface area contributed by atoms with E-state index in [1.165, 1.54) is 51.0 Å². The van der Waals surface area contributed by atoms with Crippen molar-refractivity contribution in [2.75, 3.05) is 27.4 Å². The third kappa shape index (κ3) is 13.2. The molecule has 0 saturated heterocycles. The minimum absolute atomic E-state index is 0.322. The van der Waals surface area contributed by atoms with E-state index in [9.17, 15) is 4.79 Å². The first-order valence-electron chi connectivity index (χ1n) is 9.67. The molecule has 0 aliphatic rings. The van der Waals surface area contributed by atoms with Gasteiger partial charge in [0.15, 0.2) is 0 Å². The van der Waals surface area contributed by atoms with Crippen LogP contribution in [0.25, 0.3) is 0 Å². The Bertz CT molecular complexity index is 332. The van der Waals surface area contributed by atoms with Gasteiger partial charge in [0.1, 0.15) is 0 Å². The average Bonchev–Trinajstić information content (AvgIpc) is 2.64. The first-order valence-corrected chi connectivity index (χ1v) is 11.6. The molecule has 0 saturated carbocycles. The van der Waals surface area contributed by atoms with E-state index in [2.05, 4.69) is 6.58 Å². The fraction of sp³-hybridized carbons (Fsp3) is 0.842. The number of carbonyl (C=O) groups is 1. The molecule has 0 radical (unpaired) electrons. The molecule has 0 aliphatic carbocycles. The fourth-order valence-corrected chi connectivity index (χ4v) is 4.86. The van der Waals surface area contributed by atoms with Gasteiger partial charge < -0.3 is 18.0 Å². The van der Waals surface area contributed by atoms with Crippen LogP contribution in [0, 0.1) is 0 Å². The zero-order chi connectivity index (χ0) is 18.8. The number of ether oxygens (including phenoxy) is 1. The van der Waals surface area contributed by atoms with Crippen molar-refractivity contribution in [1.82, 2.24) is 0 Å². The Kier molecular flexibility index (Phi) is 16.3. The van der Waals surface area contributed by atoms with E-state index in [0.717, 1.165) is 25.3 Å². The summed E-state index contributed by atoms with van der Waals surface area (Å²) in [7, 11) is 0.991. The van der Waals surface area contributed by atoms with E-state index in [-0.39, 0.29) is 5.97 Å². The third-order valence-corrected chi connectivity index (χ3v) is 7.21. The molecule has 0 unspecified atom stereocenters. The topological polar surface area (TPSA) is 54.0 Å². The predicted molar refractivity (Wildman–Crippen MR) is 104 cm³/mol. The van der Waals surface area contributed by atoms with Crippen LogP contribution in [0.3, 0.4) is 0 Å². The smallest absolute Gasteiger partial charge is 0.463 e. The molecule has 0 aromatic heterocycles. The lowest BCUT2D eigenvalue weighted by Gasteiger charge is -2.25. The quantitative estimate of drug-likeness (QED) is 0.148. The van der Waals surface area contributed by atoms with Gasteiger partial charge in [-0.2, -0.15) is 0 Å². The van der Waals surface area contributed by atoms with E-state index >= 15 is 0 Å². The number of hydrogen-bond donors (Lipinski definition) is 0. The van der Waals surface area contributed by atoms with Crippen LogP contribution in [0.15, 0.2) is 12.7 Å². The third-order valence-electron chi connectivity index (χ3n) is 4.27. The summed E-state index contributed by atoms with van der Waals surface area (Å²) < 4.78 is 21.7. The van der Waals surface area contributed by atoms with Gasteiger partial charge >= 0.3 is 14.8 Å². The maximum absolute atomic E-state index is 10.9. The Morgan fingerprint density at radius 2 is 1.36 bits per heavy atom. The highest BCUT2D eigenvalue weighted by Crippen LogP contribution is 2.19. The summed E-state index contributed by atoms with van der Waals surface area (Å²) in [6.07, 6.45) is 13.2. The first kappa shape index (κ1) is 24.3. The molecule has 0 atom stereocenters. The monoisotopic (exact) mass is 374 g/mol. The molecule has 0 aromatic rings. The van der Waals surface area contributed by atoms with Crippen LogP contribution in [0.1, 0.15) is 71.1 Å². The van der Waals surface area contributed by atoms with Crippen molar-refractivity contribution in [1.29, 1.82) is 0 Å². The predicted octanol–water partition coefficient (Wildman–Crippen LogP) is 4.88. The van der Waals surface area contributed by atoms with Gasteiger partial charge in [-0.25, -0.2) is 4.79 Å². The fourth-order valence-electron chi connectivity index (χ4n) is 2.79. The second kappa shape index (κ2) is 16.8. The van der Waals surface area contributed by atoms with Crippen LogP contribution >= 0.6 is 0 Å². The summed E-state index contributed by atoms with van der Waals surface area (Å²) in [6, 6.07) is 0.907. The van der Waals surface area contributed by atoms with Crippen LogP contribution in [0.4, 0.5) is 0 Å². The Balaban J connectivity index is 3.38. The van der Waals surface area contributed by atoms with Crippen LogP contribution < -0.4 is 0 Å². The van der Waals surface area contributed by atoms with E-state index < -0.39 is 8.80 Å². The molecule has 0 rings (SSSR count). The maximum Gasteiger partial charge on any atom is 0.500 e. The molecule has 25 heavy (non-hydrogen) atoms. The molecule has 148 valence electrons. The van der Waals surface area contributed by atoms with E-state index in [1.54, 1.807) is 14.2 Å². The summed E-state index contributed by atoms with van der Waals surface area (Å²) in [6.45, 7) is 6.51. The largest absolute Gasteiger partial charge is 0.500 e. The molecule has 5 nitrogen and oxygen atoms in total. The van der Waals surface area contributed by atoms with Gasteiger partial charge in [0.25, 0.3) is 0 Å². The van der Waals surface area contributed by atoms with Crippen LogP contribution in [0.2, 0.25) is 6.04 Å². The SMILES string of the molecule is C=CC(=O)OCCCCCCCCCCCC[Si](OC)(OC)OCC. The van der Waals surface area contributed by atoms with Crippen LogP contribution in [-0.4, -0.2) is 42.2 Å².